The zero-order chi connectivity index (χ0) is 26.7. The van der Waals surface area contributed by atoms with Crippen LogP contribution in [-0.2, 0) is 0 Å². The fourth-order valence-corrected chi connectivity index (χ4v) is 5.28. The maximum absolute atomic E-state index is 13.5. The lowest BCUT2D eigenvalue weighted by Gasteiger charge is -2.22. The summed E-state index contributed by atoms with van der Waals surface area (Å²) in [5, 5.41) is 21.2. The van der Waals surface area contributed by atoms with Gasteiger partial charge >= 0.3 is 0 Å². The van der Waals surface area contributed by atoms with Gasteiger partial charge in [-0.05, 0) is 24.6 Å². The Morgan fingerprint density at radius 2 is 1.81 bits per heavy atom. The van der Waals surface area contributed by atoms with Crippen molar-refractivity contribution >= 4 is 13.3 Å². The number of pyridine rings is 1. The molecular weight excluding hydrogens is 484 g/mol. The Labute approximate surface area is 217 Å². The molecule has 2 aromatic heterocycles. The Morgan fingerprint density at radius 3 is 2.38 bits per heavy atom. The largest absolute Gasteiger partial charge is 0.494 e. The summed E-state index contributed by atoms with van der Waals surface area (Å²) in [7, 11) is 0.0503. The van der Waals surface area contributed by atoms with Crippen LogP contribution in [0, 0.1) is 18.3 Å². The number of ether oxygens (including phenoxy) is 2. The number of hydrogen-bond donors (Lipinski definition) is 1. The van der Waals surface area contributed by atoms with Crippen LogP contribution in [0.2, 0.25) is 19.6 Å². The molecule has 37 heavy (non-hydrogen) atoms. The van der Waals surface area contributed by atoms with Gasteiger partial charge in [0, 0.05) is 24.5 Å². The van der Waals surface area contributed by atoms with Gasteiger partial charge in [-0.2, -0.15) is 5.26 Å². The number of aromatic nitrogens is 3. The molecule has 0 saturated carbocycles. The first kappa shape index (κ1) is 25.9. The van der Waals surface area contributed by atoms with E-state index < -0.39 is 19.7 Å². The smallest absolute Gasteiger partial charge is 0.294 e. The zero-order valence-electron chi connectivity index (χ0n) is 21.6. The topological polar surface area (TPSA) is 102 Å². The van der Waals surface area contributed by atoms with Crippen LogP contribution in [0.25, 0.3) is 5.69 Å². The minimum Gasteiger partial charge on any atom is -0.494 e. The Balaban J connectivity index is 1.71. The minimum atomic E-state index is -1.50. The lowest BCUT2D eigenvalue weighted by molar-refractivity contribution is 0.246. The van der Waals surface area contributed by atoms with Gasteiger partial charge in [0.15, 0.2) is 5.75 Å². The van der Waals surface area contributed by atoms with E-state index in [1.54, 1.807) is 31.6 Å². The molecule has 4 rings (SSSR count). The van der Waals surface area contributed by atoms with Gasteiger partial charge in [-0.25, -0.2) is 4.98 Å². The van der Waals surface area contributed by atoms with E-state index in [2.05, 4.69) is 42.8 Å². The average molecular weight is 515 g/mol. The second kappa shape index (κ2) is 10.5. The van der Waals surface area contributed by atoms with E-state index in [1.165, 1.54) is 22.0 Å². The fourth-order valence-electron chi connectivity index (χ4n) is 4.12. The summed E-state index contributed by atoms with van der Waals surface area (Å²) in [6.45, 7) is 8.36. The van der Waals surface area contributed by atoms with E-state index in [-0.39, 0.29) is 17.9 Å². The van der Waals surface area contributed by atoms with Gasteiger partial charge in [-0.1, -0.05) is 49.1 Å². The maximum atomic E-state index is 13.5. The molecule has 2 aromatic carbocycles. The van der Waals surface area contributed by atoms with Gasteiger partial charge in [0.05, 0.1) is 51.1 Å². The van der Waals surface area contributed by atoms with E-state index in [4.69, 9.17) is 9.47 Å². The zero-order valence-corrected chi connectivity index (χ0v) is 22.6. The quantitative estimate of drug-likeness (QED) is 0.355. The van der Waals surface area contributed by atoms with Crippen molar-refractivity contribution in [3.63, 3.8) is 0 Å². The number of aryl methyl sites for hydroxylation is 1. The van der Waals surface area contributed by atoms with Crippen molar-refractivity contribution in [3.8, 4) is 29.0 Å². The molecule has 8 nitrogen and oxygen atoms in total. The molecule has 0 unspecified atom stereocenters. The van der Waals surface area contributed by atoms with E-state index in [9.17, 15) is 15.2 Å². The van der Waals surface area contributed by atoms with E-state index in [0.29, 0.717) is 11.5 Å². The molecule has 190 valence electrons. The highest BCUT2D eigenvalue weighted by Crippen LogP contribution is 2.30. The molecule has 0 radical (unpaired) electrons. The lowest BCUT2D eigenvalue weighted by atomic mass is 10.1. The summed E-state index contributed by atoms with van der Waals surface area (Å²) < 4.78 is 14.7. The van der Waals surface area contributed by atoms with Crippen LogP contribution in [0.4, 0.5) is 0 Å². The van der Waals surface area contributed by atoms with Crippen LogP contribution in [0.15, 0.2) is 72.0 Å². The molecule has 4 aromatic rings. The van der Waals surface area contributed by atoms with Crippen molar-refractivity contribution in [1.82, 2.24) is 14.1 Å². The molecule has 0 aliphatic rings. The van der Waals surface area contributed by atoms with E-state index >= 15 is 0 Å². The van der Waals surface area contributed by atoms with Crippen molar-refractivity contribution < 1.29 is 14.6 Å². The monoisotopic (exact) mass is 514 g/mol. The van der Waals surface area contributed by atoms with Gasteiger partial charge < -0.3 is 23.7 Å². The van der Waals surface area contributed by atoms with Crippen molar-refractivity contribution in [3.05, 3.63) is 94.4 Å². The maximum Gasteiger partial charge on any atom is 0.294 e. The molecule has 0 aliphatic heterocycles. The summed E-state index contributed by atoms with van der Waals surface area (Å²) in [6, 6.07) is 16.0. The number of nitriles is 1. The molecule has 2 heterocycles. The Hall–Kier alpha value is -4.13. The first-order chi connectivity index (χ1) is 17.6. The summed E-state index contributed by atoms with van der Waals surface area (Å²) in [5.74, 6) is 0.878. The van der Waals surface area contributed by atoms with Crippen molar-refractivity contribution in [1.29, 1.82) is 5.26 Å². The van der Waals surface area contributed by atoms with Crippen LogP contribution in [-0.4, -0.2) is 41.0 Å². The fraction of sp³-hybridized carbons (Fsp3) is 0.250. The normalized spacial score (nSPS) is 12.1. The van der Waals surface area contributed by atoms with Gasteiger partial charge in [0.2, 0.25) is 0 Å². The highest BCUT2D eigenvalue weighted by atomic mass is 28.3. The molecule has 0 bridgehead atoms. The summed E-state index contributed by atoms with van der Waals surface area (Å²) in [5.41, 5.74) is 2.18. The predicted molar refractivity (Wildman–Crippen MR) is 145 cm³/mol. The molecule has 0 amide bonds. The Bertz CT molecular complexity index is 1510. The van der Waals surface area contributed by atoms with Crippen molar-refractivity contribution in [2.45, 2.75) is 32.6 Å². The third-order valence-electron chi connectivity index (χ3n) is 6.18. The minimum absolute atomic E-state index is 0.0236. The Morgan fingerprint density at radius 1 is 1.08 bits per heavy atom. The summed E-state index contributed by atoms with van der Waals surface area (Å²) in [6.07, 6.45) is 5.01. The molecule has 0 fully saturated rings. The molecule has 0 spiro atoms. The number of methoxy groups -OCH3 is 1. The number of imidazole rings is 1. The average Bonchev–Trinajstić information content (AvgIpc) is 3.32. The van der Waals surface area contributed by atoms with Crippen LogP contribution < -0.4 is 20.2 Å². The molecule has 0 saturated heterocycles. The van der Waals surface area contributed by atoms with Gasteiger partial charge in [0.1, 0.15) is 17.6 Å². The Kier molecular flexibility index (Phi) is 7.34. The standard InChI is InChI=1S/C28H30N4O4Si/c1-19-15-31(18-30-19)24-11-8-22(13-26(24)35-2)36-27-12-20(14-29)16-32(28(27)34)25(17-33)21-6-9-23(10-7-21)37(3,4)5/h6-13,15-16,18,25,33H,17H2,1-5H3/t25-/m0/s1. The van der Waals surface area contributed by atoms with Crippen LogP contribution in [0.1, 0.15) is 22.9 Å². The van der Waals surface area contributed by atoms with E-state index in [1.807, 2.05) is 29.8 Å². The SMILES string of the molecule is COc1cc(Oc2cc(C#N)cn([C@@H](CO)c3ccc([Si](C)(C)C)cc3)c2=O)ccc1-n1cnc(C)c1. The number of aliphatic hydroxyl groups excluding tert-OH is 1. The summed E-state index contributed by atoms with van der Waals surface area (Å²) >= 11 is 0. The number of aliphatic hydroxyl groups is 1. The third-order valence-corrected chi connectivity index (χ3v) is 8.24. The van der Waals surface area contributed by atoms with Gasteiger partial charge in [0.25, 0.3) is 5.56 Å². The van der Waals surface area contributed by atoms with E-state index in [0.717, 1.165) is 16.9 Å². The van der Waals surface area contributed by atoms with Crippen LogP contribution >= 0.6 is 0 Å². The molecular formula is C28H30N4O4Si. The molecule has 1 atom stereocenters. The van der Waals surface area contributed by atoms with Crippen molar-refractivity contribution in [2.75, 3.05) is 13.7 Å². The number of rotatable bonds is 8. The van der Waals surface area contributed by atoms with Gasteiger partial charge in [-0.3, -0.25) is 4.79 Å². The second-order valence-electron chi connectivity index (χ2n) is 9.85. The lowest BCUT2D eigenvalue weighted by Crippen LogP contribution is -2.37. The summed E-state index contributed by atoms with van der Waals surface area (Å²) in [4.78, 5) is 17.7. The van der Waals surface area contributed by atoms with Crippen LogP contribution in [0.5, 0.6) is 17.2 Å². The molecule has 9 heteroatoms. The first-order valence-corrected chi connectivity index (χ1v) is 15.4. The number of benzene rings is 2. The number of hydrogen-bond acceptors (Lipinski definition) is 6. The highest BCUT2D eigenvalue weighted by molar-refractivity contribution is 6.88. The highest BCUT2D eigenvalue weighted by Gasteiger charge is 2.21. The third kappa shape index (κ3) is 5.50. The second-order valence-corrected chi connectivity index (χ2v) is 14.9. The van der Waals surface area contributed by atoms with Crippen molar-refractivity contribution in [2.24, 2.45) is 0 Å². The number of nitrogens with zero attached hydrogens (tertiary/aromatic N) is 4. The van der Waals surface area contributed by atoms with Gasteiger partial charge in [-0.15, -0.1) is 0 Å². The molecule has 0 aliphatic carbocycles. The van der Waals surface area contributed by atoms with Crippen LogP contribution in [0.3, 0.4) is 0 Å². The molecule has 1 N–H and O–H groups in total. The predicted octanol–water partition coefficient (Wildman–Crippen LogP) is 4.14. The first-order valence-electron chi connectivity index (χ1n) is 11.9.